The number of hydrogen-bond donors (Lipinski definition) is 0. The molecule has 2 heterocycles. The number of hydrogen-bond acceptors (Lipinski definition) is 3. The van der Waals surface area contributed by atoms with E-state index < -0.39 is 0 Å². The molecule has 0 N–H and O–H groups in total. The number of amides is 2. The average molecular weight is 396 g/mol. The summed E-state index contributed by atoms with van der Waals surface area (Å²) in [6.45, 7) is 5.31. The Hall–Kier alpha value is -2.60. The lowest BCUT2D eigenvalue weighted by Gasteiger charge is -2.35. The number of ether oxygens (including phenoxy) is 1. The fourth-order valence-electron chi connectivity index (χ4n) is 4.18. The third-order valence-electron chi connectivity index (χ3n) is 5.80. The second-order valence-electron chi connectivity index (χ2n) is 7.79. The van der Waals surface area contributed by atoms with Gasteiger partial charge in [-0.05, 0) is 31.4 Å². The molecular weight excluding hydrogens is 366 g/mol. The lowest BCUT2D eigenvalue weighted by Crippen LogP contribution is -2.51. The molecule has 0 atom stereocenters. The van der Waals surface area contributed by atoms with Gasteiger partial charge in [-0.25, -0.2) is 0 Å². The van der Waals surface area contributed by atoms with Crippen LogP contribution >= 0.6 is 0 Å². The molecule has 154 valence electrons. The van der Waals surface area contributed by atoms with Crippen molar-refractivity contribution in [1.29, 1.82) is 0 Å². The van der Waals surface area contributed by atoms with Crippen LogP contribution in [0.5, 0.6) is 0 Å². The van der Waals surface area contributed by atoms with Gasteiger partial charge in [0.2, 0.25) is 5.91 Å². The van der Waals surface area contributed by atoms with Gasteiger partial charge >= 0.3 is 0 Å². The number of benzene rings is 1. The highest BCUT2D eigenvalue weighted by Gasteiger charge is 2.27. The molecule has 0 saturated carbocycles. The Bertz CT molecular complexity index is 901. The average Bonchev–Trinajstić information content (AvgIpc) is 3.40. The molecule has 0 unspecified atom stereocenters. The number of piperazine rings is 1. The predicted octanol–water partition coefficient (Wildman–Crippen LogP) is 3.07. The molecule has 2 amide bonds. The van der Waals surface area contributed by atoms with Crippen molar-refractivity contribution in [3.63, 3.8) is 0 Å². The molecule has 0 spiro atoms. The number of aromatic nitrogens is 1. The summed E-state index contributed by atoms with van der Waals surface area (Å²) < 4.78 is 7.82. The zero-order chi connectivity index (χ0) is 20.2. The molecule has 1 aromatic heterocycles. The minimum absolute atomic E-state index is 0.0177. The maximum Gasteiger partial charge on any atom is 0.270 e. The molecule has 6 heteroatoms. The fraction of sp³-hybridized carbons (Fsp3) is 0.478. The smallest absolute Gasteiger partial charge is 0.270 e. The van der Waals surface area contributed by atoms with Gasteiger partial charge in [0.25, 0.3) is 5.91 Å². The summed E-state index contributed by atoms with van der Waals surface area (Å²) in [5, 5.41) is 1.09. The lowest BCUT2D eigenvalue weighted by molar-refractivity contribution is -0.139. The van der Waals surface area contributed by atoms with E-state index in [1.165, 1.54) is 0 Å². The highest BCUT2D eigenvalue weighted by Crippen LogP contribution is 2.22. The fourth-order valence-corrected chi connectivity index (χ4v) is 4.18. The number of rotatable bonds is 6. The quantitative estimate of drug-likeness (QED) is 0.707. The second-order valence-corrected chi connectivity index (χ2v) is 7.79. The van der Waals surface area contributed by atoms with Crippen LogP contribution in [-0.4, -0.2) is 65.1 Å². The molecule has 2 aliphatic rings. The van der Waals surface area contributed by atoms with Crippen molar-refractivity contribution in [2.24, 2.45) is 0 Å². The van der Waals surface area contributed by atoms with Gasteiger partial charge in [-0.15, -0.1) is 0 Å². The predicted molar refractivity (Wildman–Crippen MR) is 113 cm³/mol. The molecule has 0 radical (unpaired) electrons. The Balaban J connectivity index is 1.37. The highest BCUT2D eigenvalue weighted by molar-refractivity contribution is 5.99. The third kappa shape index (κ3) is 4.22. The highest BCUT2D eigenvalue weighted by atomic mass is 16.5. The zero-order valence-electron chi connectivity index (χ0n) is 17.0. The maximum atomic E-state index is 13.2. The van der Waals surface area contributed by atoms with Gasteiger partial charge in [-0.1, -0.05) is 37.3 Å². The molecule has 1 aliphatic carbocycles. The monoisotopic (exact) mass is 395 g/mol. The van der Waals surface area contributed by atoms with E-state index in [1.807, 2.05) is 28.0 Å². The normalized spacial score (nSPS) is 17.4. The molecule has 1 saturated heterocycles. The van der Waals surface area contributed by atoms with Crippen molar-refractivity contribution in [3.05, 3.63) is 48.2 Å². The summed E-state index contributed by atoms with van der Waals surface area (Å²) in [5.74, 6) is 0.0686. The molecule has 1 aromatic carbocycles. The van der Waals surface area contributed by atoms with E-state index in [1.54, 1.807) is 0 Å². The molecule has 2 aromatic rings. The van der Waals surface area contributed by atoms with Gasteiger partial charge in [0.1, 0.15) is 12.3 Å². The Morgan fingerprint density at radius 2 is 1.72 bits per heavy atom. The number of nitrogens with zero attached hydrogens (tertiary/aromatic N) is 3. The number of fused-ring (bicyclic) bond motifs is 1. The number of aryl methyl sites for hydroxylation is 1. The van der Waals surface area contributed by atoms with Crippen LogP contribution in [0.25, 0.3) is 10.9 Å². The van der Waals surface area contributed by atoms with E-state index >= 15 is 0 Å². The molecule has 0 bridgehead atoms. The second kappa shape index (κ2) is 8.82. The SMILES string of the molecule is CCCn1c(C(=O)N2CCN(C(=O)COC3CC=CC3)CC2)cc2ccccc21. The van der Waals surface area contributed by atoms with Gasteiger partial charge < -0.3 is 19.1 Å². The Labute approximate surface area is 171 Å². The van der Waals surface area contributed by atoms with Gasteiger partial charge in [-0.3, -0.25) is 9.59 Å². The van der Waals surface area contributed by atoms with Crippen molar-refractivity contribution in [3.8, 4) is 0 Å². The van der Waals surface area contributed by atoms with E-state index in [-0.39, 0.29) is 24.5 Å². The Kier molecular flexibility index (Phi) is 6.00. The van der Waals surface area contributed by atoms with Crippen molar-refractivity contribution < 1.29 is 14.3 Å². The minimum Gasteiger partial charge on any atom is -0.368 e. The molecule has 1 fully saturated rings. The molecule has 1 aliphatic heterocycles. The Morgan fingerprint density at radius 3 is 2.45 bits per heavy atom. The zero-order valence-corrected chi connectivity index (χ0v) is 17.0. The minimum atomic E-state index is 0.0177. The molecule has 29 heavy (non-hydrogen) atoms. The lowest BCUT2D eigenvalue weighted by atomic mass is 10.2. The van der Waals surface area contributed by atoms with Crippen LogP contribution in [-0.2, 0) is 16.1 Å². The molecule has 4 rings (SSSR count). The van der Waals surface area contributed by atoms with Crippen LogP contribution in [0.15, 0.2) is 42.5 Å². The summed E-state index contributed by atoms with van der Waals surface area (Å²) in [5.41, 5.74) is 1.84. The first-order valence-corrected chi connectivity index (χ1v) is 10.6. The number of carbonyl (C=O) groups is 2. The molecule has 6 nitrogen and oxygen atoms in total. The standard InChI is InChI=1S/C23H29N3O3/c1-2-11-26-20-10-6-3-7-18(20)16-21(26)23(28)25-14-12-24(13-15-25)22(27)17-29-19-8-4-5-9-19/h3-7,10,16,19H,2,8-9,11-15,17H2,1H3. The van der Waals surface area contributed by atoms with E-state index in [0.29, 0.717) is 26.2 Å². The first-order valence-electron chi connectivity index (χ1n) is 10.6. The number of para-hydroxylation sites is 1. The van der Waals surface area contributed by atoms with Crippen LogP contribution in [0.3, 0.4) is 0 Å². The van der Waals surface area contributed by atoms with E-state index in [9.17, 15) is 9.59 Å². The van der Waals surface area contributed by atoms with Gasteiger partial charge in [0.05, 0.1) is 6.10 Å². The summed E-state index contributed by atoms with van der Waals surface area (Å²) in [6.07, 6.45) is 7.08. The summed E-state index contributed by atoms with van der Waals surface area (Å²) in [7, 11) is 0. The van der Waals surface area contributed by atoms with Crippen LogP contribution < -0.4 is 0 Å². The van der Waals surface area contributed by atoms with E-state index in [2.05, 4.69) is 35.8 Å². The van der Waals surface area contributed by atoms with Crippen molar-refractivity contribution in [2.45, 2.75) is 38.8 Å². The van der Waals surface area contributed by atoms with Crippen LogP contribution in [0.1, 0.15) is 36.7 Å². The van der Waals surface area contributed by atoms with E-state index in [4.69, 9.17) is 4.74 Å². The first kappa shape index (κ1) is 19.7. The van der Waals surface area contributed by atoms with E-state index in [0.717, 1.165) is 42.4 Å². The van der Waals surface area contributed by atoms with Crippen molar-refractivity contribution in [1.82, 2.24) is 14.4 Å². The first-order chi connectivity index (χ1) is 14.2. The summed E-state index contributed by atoms with van der Waals surface area (Å²) in [4.78, 5) is 29.3. The van der Waals surface area contributed by atoms with Crippen LogP contribution in [0, 0.1) is 0 Å². The summed E-state index contributed by atoms with van der Waals surface area (Å²) >= 11 is 0. The third-order valence-corrected chi connectivity index (χ3v) is 5.80. The van der Waals surface area contributed by atoms with Crippen molar-refractivity contribution in [2.75, 3.05) is 32.8 Å². The molecular formula is C23H29N3O3. The summed E-state index contributed by atoms with van der Waals surface area (Å²) in [6, 6.07) is 10.1. The van der Waals surface area contributed by atoms with Gasteiger partial charge in [0.15, 0.2) is 0 Å². The van der Waals surface area contributed by atoms with Crippen molar-refractivity contribution >= 4 is 22.7 Å². The van der Waals surface area contributed by atoms with Crippen LogP contribution in [0.2, 0.25) is 0 Å². The number of carbonyl (C=O) groups excluding carboxylic acids is 2. The van der Waals surface area contributed by atoms with Gasteiger partial charge in [0, 0.05) is 43.6 Å². The van der Waals surface area contributed by atoms with Gasteiger partial charge in [-0.2, -0.15) is 0 Å². The van der Waals surface area contributed by atoms with Crippen LogP contribution in [0.4, 0.5) is 0 Å². The Morgan fingerprint density at radius 1 is 1.03 bits per heavy atom. The maximum absolute atomic E-state index is 13.2. The largest absolute Gasteiger partial charge is 0.368 e. The topological polar surface area (TPSA) is 54.8 Å².